The molecule has 7 nitrogen and oxygen atoms in total. The number of hydrogen-bond acceptors (Lipinski definition) is 5. The van der Waals surface area contributed by atoms with Gasteiger partial charge < -0.3 is 20.1 Å². The fraction of sp³-hybridized carbons (Fsp3) is 0.0800. The average Bonchev–Trinajstić information content (AvgIpc) is 2.82. The second kappa shape index (κ2) is 11.5. The van der Waals surface area contributed by atoms with E-state index in [1.807, 2.05) is 6.07 Å². The topological polar surface area (TPSA) is 100 Å². The summed E-state index contributed by atoms with van der Waals surface area (Å²) in [5.74, 6) is -1.18. The maximum absolute atomic E-state index is 13.7. The summed E-state index contributed by atoms with van der Waals surface area (Å²) in [6.45, 7) is -0.384. The maximum atomic E-state index is 13.7. The Hall–Kier alpha value is -4.35. The molecule has 0 atom stereocenters. The summed E-state index contributed by atoms with van der Waals surface area (Å²) in [5.41, 5.74) is 0.857. The van der Waals surface area contributed by atoms with Gasteiger partial charge in [0.05, 0.1) is 12.8 Å². The fourth-order valence-corrected chi connectivity index (χ4v) is 3.06. The number of rotatable bonds is 8. The molecule has 3 aromatic carbocycles. The Morgan fingerprint density at radius 1 is 1.06 bits per heavy atom. The lowest BCUT2D eigenvalue weighted by Crippen LogP contribution is -2.20. The van der Waals surface area contributed by atoms with Crippen LogP contribution in [0.1, 0.15) is 5.56 Å². The minimum Gasteiger partial charge on any atom is -0.493 e. The molecule has 9 heteroatoms. The number of methoxy groups -OCH3 is 1. The zero-order valence-electron chi connectivity index (χ0n) is 18.0. The number of nitrogens with one attached hydrogen (secondary N) is 2. The summed E-state index contributed by atoms with van der Waals surface area (Å²) in [6, 6.07) is 18.9. The smallest absolute Gasteiger partial charge is 0.266 e. The molecule has 2 amide bonds. The predicted octanol–water partition coefficient (Wildman–Crippen LogP) is 5.05. The summed E-state index contributed by atoms with van der Waals surface area (Å²) in [5, 5.41) is 14.9. The summed E-state index contributed by atoms with van der Waals surface area (Å²) in [6.07, 6.45) is 1.39. The largest absolute Gasteiger partial charge is 0.493 e. The van der Waals surface area contributed by atoms with Crippen LogP contribution in [0.3, 0.4) is 0 Å². The van der Waals surface area contributed by atoms with Gasteiger partial charge in [-0.25, -0.2) is 4.39 Å². The van der Waals surface area contributed by atoms with Gasteiger partial charge in [-0.3, -0.25) is 9.59 Å². The Balaban J connectivity index is 1.68. The Morgan fingerprint density at radius 2 is 1.85 bits per heavy atom. The van der Waals surface area contributed by atoms with Crippen LogP contribution in [0.2, 0.25) is 5.02 Å². The van der Waals surface area contributed by atoms with Crippen molar-refractivity contribution >= 4 is 40.9 Å². The average molecular weight is 480 g/mol. The molecule has 172 valence electrons. The highest BCUT2D eigenvalue weighted by Gasteiger charge is 2.13. The molecule has 0 bridgehead atoms. The van der Waals surface area contributed by atoms with E-state index in [4.69, 9.17) is 21.1 Å². The zero-order valence-corrected chi connectivity index (χ0v) is 18.7. The quantitative estimate of drug-likeness (QED) is 0.348. The number of nitriles is 1. The van der Waals surface area contributed by atoms with Crippen molar-refractivity contribution in [1.82, 2.24) is 0 Å². The Kier molecular flexibility index (Phi) is 8.21. The van der Waals surface area contributed by atoms with E-state index < -0.39 is 17.6 Å². The molecule has 0 saturated carbocycles. The molecule has 0 radical (unpaired) electrons. The molecule has 0 spiro atoms. The molecule has 0 unspecified atom stereocenters. The van der Waals surface area contributed by atoms with Gasteiger partial charge >= 0.3 is 0 Å². The SMILES string of the molecule is COc1cc(C=C(C#N)C(=O)Nc2cccc(Cl)c2)ccc1OCC(=O)Nc1ccccc1F. The van der Waals surface area contributed by atoms with Crippen LogP contribution in [0.5, 0.6) is 11.5 Å². The number of nitrogens with zero attached hydrogens (tertiary/aromatic N) is 1. The van der Waals surface area contributed by atoms with E-state index >= 15 is 0 Å². The molecule has 0 heterocycles. The van der Waals surface area contributed by atoms with E-state index in [1.54, 1.807) is 42.5 Å². The van der Waals surface area contributed by atoms with Gasteiger partial charge in [-0.05, 0) is 54.1 Å². The number of hydrogen-bond donors (Lipinski definition) is 2. The van der Waals surface area contributed by atoms with Crippen LogP contribution in [0.25, 0.3) is 6.08 Å². The van der Waals surface area contributed by atoms with Gasteiger partial charge in [-0.2, -0.15) is 5.26 Å². The predicted molar refractivity (Wildman–Crippen MR) is 127 cm³/mol. The molecule has 3 aromatic rings. The zero-order chi connectivity index (χ0) is 24.5. The third-order valence-electron chi connectivity index (χ3n) is 4.45. The van der Waals surface area contributed by atoms with E-state index in [2.05, 4.69) is 10.6 Å². The summed E-state index contributed by atoms with van der Waals surface area (Å²) in [4.78, 5) is 24.6. The van der Waals surface area contributed by atoms with Gasteiger partial charge in [0.25, 0.3) is 11.8 Å². The van der Waals surface area contributed by atoms with Gasteiger partial charge in [-0.1, -0.05) is 35.9 Å². The van der Waals surface area contributed by atoms with E-state index in [1.165, 1.54) is 37.5 Å². The highest BCUT2D eigenvalue weighted by atomic mass is 35.5. The molecule has 0 aromatic heterocycles. The Labute approximate surface area is 200 Å². The van der Waals surface area contributed by atoms with Crippen LogP contribution >= 0.6 is 11.6 Å². The van der Waals surface area contributed by atoms with Crippen LogP contribution in [0, 0.1) is 17.1 Å². The van der Waals surface area contributed by atoms with Gasteiger partial charge in [-0.15, -0.1) is 0 Å². The molecule has 2 N–H and O–H groups in total. The van der Waals surface area contributed by atoms with Gasteiger partial charge in [0.1, 0.15) is 17.5 Å². The first-order valence-corrected chi connectivity index (χ1v) is 10.3. The van der Waals surface area contributed by atoms with Crippen molar-refractivity contribution in [3.8, 4) is 17.6 Å². The third kappa shape index (κ3) is 6.58. The number of amides is 2. The van der Waals surface area contributed by atoms with E-state index in [0.717, 1.165) is 0 Å². The molecule has 0 aliphatic heterocycles. The number of halogens is 2. The monoisotopic (exact) mass is 479 g/mol. The number of anilines is 2. The molecule has 0 aliphatic carbocycles. The van der Waals surface area contributed by atoms with Crippen molar-refractivity contribution < 1.29 is 23.5 Å². The number of carbonyl (C=O) groups excluding carboxylic acids is 2. The van der Waals surface area contributed by atoms with Crippen molar-refractivity contribution in [2.24, 2.45) is 0 Å². The van der Waals surface area contributed by atoms with Gasteiger partial charge in [0.15, 0.2) is 18.1 Å². The number of para-hydroxylation sites is 1. The molecular weight excluding hydrogens is 461 g/mol. The van der Waals surface area contributed by atoms with Crippen LogP contribution < -0.4 is 20.1 Å². The molecular formula is C25H19ClFN3O4. The summed E-state index contributed by atoms with van der Waals surface area (Å²) < 4.78 is 24.5. The minimum atomic E-state index is -0.603. The molecule has 34 heavy (non-hydrogen) atoms. The summed E-state index contributed by atoms with van der Waals surface area (Å²) >= 11 is 5.91. The number of ether oxygens (including phenoxy) is 2. The van der Waals surface area contributed by atoms with Crippen molar-refractivity contribution in [2.75, 3.05) is 24.4 Å². The van der Waals surface area contributed by atoms with Crippen LogP contribution in [0.4, 0.5) is 15.8 Å². The lowest BCUT2D eigenvalue weighted by atomic mass is 10.1. The van der Waals surface area contributed by atoms with E-state index in [9.17, 15) is 19.2 Å². The molecule has 0 fully saturated rings. The van der Waals surface area contributed by atoms with E-state index in [-0.39, 0.29) is 29.4 Å². The van der Waals surface area contributed by atoms with E-state index in [0.29, 0.717) is 16.3 Å². The minimum absolute atomic E-state index is 0.0450. The highest BCUT2D eigenvalue weighted by molar-refractivity contribution is 6.31. The van der Waals surface area contributed by atoms with Crippen molar-refractivity contribution in [3.05, 3.63) is 88.7 Å². The van der Waals surface area contributed by atoms with Crippen LogP contribution in [-0.2, 0) is 9.59 Å². The molecule has 3 rings (SSSR count). The van der Waals surface area contributed by atoms with Crippen LogP contribution in [0.15, 0.2) is 72.3 Å². The first kappa shape index (κ1) is 24.3. The first-order valence-electron chi connectivity index (χ1n) is 9.93. The van der Waals surface area contributed by atoms with Crippen molar-refractivity contribution in [1.29, 1.82) is 5.26 Å². The lowest BCUT2D eigenvalue weighted by molar-refractivity contribution is -0.118. The highest BCUT2D eigenvalue weighted by Crippen LogP contribution is 2.29. The molecule has 0 saturated heterocycles. The maximum Gasteiger partial charge on any atom is 0.266 e. The normalized spacial score (nSPS) is 10.7. The summed E-state index contributed by atoms with van der Waals surface area (Å²) in [7, 11) is 1.41. The lowest BCUT2D eigenvalue weighted by Gasteiger charge is -2.12. The number of benzene rings is 3. The van der Waals surface area contributed by atoms with Gasteiger partial charge in [0, 0.05) is 10.7 Å². The second-order valence-corrected chi connectivity index (χ2v) is 7.30. The first-order chi connectivity index (χ1) is 16.4. The fourth-order valence-electron chi connectivity index (χ4n) is 2.87. The van der Waals surface area contributed by atoms with Crippen LogP contribution in [-0.4, -0.2) is 25.5 Å². The van der Waals surface area contributed by atoms with Crippen molar-refractivity contribution in [3.63, 3.8) is 0 Å². The standard InChI is InChI=1S/C25H19ClFN3O4/c1-33-23-12-16(11-17(14-28)25(32)29-19-6-4-5-18(26)13-19)9-10-22(23)34-15-24(31)30-21-8-3-2-7-20(21)27/h2-13H,15H2,1H3,(H,29,32)(H,30,31). The Bertz CT molecular complexity index is 1290. The van der Waals surface area contributed by atoms with Crippen molar-refractivity contribution in [2.45, 2.75) is 0 Å². The third-order valence-corrected chi connectivity index (χ3v) is 4.69. The van der Waals surface area contributed by atoms with Gasteiger partial charge in [0.2, 0.25) is 0 Å². The molecule has 0 aliphatic rings. The Morgan fingerprint density at radius 3 is 2.56 bits per heavy atom. The second-order valence-electron chi connectivity index (χ2n) is 6.86. The number of carbonyl (C=O) groups is 2.